The largest absolute Gasteiger partial charge is 0.494 e. The molecule has 0 amide bonds. The monoisotopic (exact) mass is 207 g/mol. The normalized spacial score (nSPS) is 11.5. The predicted octanol–water partition coefficient (Wildman–Crippen LogP) is 2.63. The molecule has 0 aromatic heterocycles. The van der Waals surface area contributed by atoms with Crippen molar-refractivity contribution in [1.82, 2.24) is 5.32 Å². The predicted molar refractivity (Wildman–Crippen MR) is 64.5 cm³/mol. The van der Waals surface area contributed by atoms with Gasteiger partial charge in [-0.05, 0) is 51.9 Å². The summed E-state index contributed by atoms with van der Waals surface area (Å²) < 4.78 is 5.40. The lowest BCUT2D eigenvalue weighted by atomic mass is 9.95. The van der Waals surface area contributed by atoms with E-state index >= 15 is 0 Å². The smallest absolute Gasteiger partial charge is 0.119 e. The third-order valence-electron chi connectivity index (χ3n) is 2.56. The molecule has 1 aromatic carbocycles. The Morgan fingerprint density at radius 3 is 2.27 bits per heavy atom. The first-order chi connectivity index (χ1) is 7.07. The maximum Gasteiger partial charge on any atom is 0.119 e. The van der Waals surface area contributed by atoms with Crippen molar-refractivity contribution in [3.8, 4) is 5.75 Å². The van der Waals surface area contributed by atoms with Crippen LogP contribution in [-0.2, 0) is 6.42 Å². The first-order valence-electron chi connectivity index (χ1n) is 5.48. The van der Waals surface area contributed by atoms with E-state index in [-0.39, 0.29) is 5.54 Å². The fourth-order valence-corrected chi connectivity index (χ4v) is 1.47. The van der Waals surface area contributed by atoms with Crippen LogP contribution in [0.3, 0.4) is 0 Å². The molecule has 0 aliphatic heterocycles. The zero-order chi connectivity index (χ0) is 11.3. The van der Waals surface area contributed by atoms with E-state index in [4.69, 9.17) is 4.74 Å². The first kappa shape index (κ1) is 12.1. The van der Waals surface area contributed by atoms with Crippen LogP contribution in [0.1, 0.15) is 26.3 Å². The standard InChI is InChI=1S/C13H21NO/c1-5-15-12-8-6-11(7-9-12)10-13(2,3)14-4/h6-9,14H,5,10H2,1-4H3. The molecule has 0 saturated carbocycles. The van der Waals surface area contributed by atoms with Gasteiger partial charge in [0.15, 0.2) is 0 Å². The molecular weight excluding hydrogens is 186 g/mol. The highest BCUT2D eigenvalue weighted by molar-refractivity contribution is 5.28. The molecule has 84 valence electrons. The fourth-order valence-electron chi connectivity index (χ4n) is 1.47. The molecule has 1 rings (SSSR count). The van der Waals surface area contributed by atoms with Gasteiger partial charge in [0.05, 0.1) is 6.61 Å². The van der Waals surface area contributed by atoms with E-state index in [0.717, 1.165) is 18.8 Å². The Morgan fingerprint density at radius 1 is 1.20 bits per heavy atom. The molecule has 0 fully saturated rings. The third kappa shape index (κ3) is 3.92. The van der Waals surface area contributed by atoms with Crippen LogP contribution in [0.25, 0.3) is 0 Å². The zero-order valence-electron chi connectivity index (χ0n) is 10.1. The van der Waals surface area contributed by atoms with Crippen molar-refractivity contribution < 1.29 is 4.74 Å². The van der Waals surface area contributed by atoms with Gasteiger partial charge >= 0.3 is 0 Å². The maximum absolute atomic E-state index is 5.40. The van der Waals surface area contributed by atoms with Gasteiger partial charge in [-0.3, -0.25) is 0 Å². The second-order valence-electron chi connectivity index (χ2n) is 4.39. The summed E-state index contributed by atoms with van der Waals surface area (Å²) in [7, 11) is 1.99. The molecule has 0 spiro atoms. The summed E-state index contributed by atoms with van der Waals surface area (Å²) in [6, 6.07) is 8.32. The van der Waals surface area contributed by atoms with Crippen molar-refractivity contribution in [2.24, 2.45) is 0 Å². The number of ether oxygens (including phenoxy) is 1. The topological polar surface area (TPSA) is 21.3 Å². The Labute approximate surface area is 92.6 Å². The van der Waals surface area contributed by atoms with Crippen LogP contribution in [0.4, 0.5) is 0 Å². The number of nitrogens with one attached hydrogen (secondary N) is 1. The van der Waals surface area contributed by atoms with E-state index in [1.54, 1.807) is 0 Å². The van der Waals surface area contributed by atoms with Crippen molar-refractivity contribution in [3.05, 3.63) is 29.8 Å². The van der Waals surface area contributed by atoms with Crippen molar-refractivity contribution in [3.63, 3.8) is 0 Å². The Balaban J connectivity index is 2.64. The van der Waals surface area contributed by atoms with Gasteiger partial charge in [-0.2, -0.15) is 0 Å². The quantitative estimate of drug-likeness (QED) is 0.801. The highest BCUT2D eigenvalue weighted by Gasteiger charge is 2.14. The second kappa shape index (κ2) is 5.17. The molecule has 15 heavy (non-hydrogen) atoms. The van der Waals surface area contributed by atoms with Crippen LogP contribution in [0, 0.1) is 0 Å². The number of hydrogen-bond donors (Lipinski definition) is 1. The van der Waals surface area contributed by atoms with Crippen molar-refractivity contribution in [2.45, 2.75) is 32.7 Å². The highest BCUT2D eigenvalue weighted by Crippen LogP contribution is 2.16. The lowest BCUT2D eigenvalue weighted by Crippen LogP contribution is -2.38. The van der Waals surface area contributed by atoms with Crippen molar-refractivity contribution in [2.75, 3.05) is 13.7 Å². The minimum atomic E-state index is 0.146. The van der Waals surface area contributed by atoms with Gasteiger partial charge in [-0.1, -0.05) is 12.1 Å². The fraction of sp³-hybridized carbons (Fsp3) is 0.538. The highest BCUT2D eigenvalue weighted by atomic mass is 16.5. The minimum Gasteiger partial charge on any atom is -0.494 e. The summed E-state index contributed by atoms with van der Waals surface area (Å²) >= 11 is 0. The summed E-state index contributed by atoms with van der Waals surface area (Å²) in [5, 5.41) is 3.30. The molecule has 0 unspecified atom stereocenters. The van der Waals surface area contributed by atoms with Crippen LogP contribution in [0.15, 0.2) is 24.3 Å². The lowest BCUT2D eigenvalue weighted by Gasteiger charge is -2.24. The molecule has 0 atom stereocenters. The van der Waals surface area contributed by atoms with Gasteiger partial charge in [-0.15, -0.1) is 0 Å². The maximum atomic E-state index is 5.40. The Morgan fingerprint density at radius 2 is 1.80 bits per heavy atom. The summed E-state index contributed by atoms with van der Waals surface area (Å²) in [5.41, 5.74) is 1.48. The molecule has 0 radical (unpaired) electrons. The average Bonchev–Trinajstić information content (AvgIpc) is 2.21. The summed E-state index contributed by atoms with van der Waals surface area (Å²) in [6.07, 6.45) is 1.02. The minimum absolute atomic E-state index is 0.146. The van der Waals surface area contributed by atoms with Crippen LogP contribution < -0.4 is 10.1 Å². The van der Waals surface area contributed by atoms with Gasteiger partial charge in [0.25, 0.3) is 0 Å². The molecule has 0 aliphatic rings. The summed E-state index contributed by atoms with van der Waals surface area (Å²) in [6.45, 7) is 7.12. The van der Waals surface area contributed by atoms with Crippen molar-refractivity contribution in [1.29, 1.82) is 0 Å². The first-order valence-corrected chi connectivity index (χ1v) is 5.48. The van der Waals surface area contributed by atoms with E-state index in [1.165, 1.54) is 5.56 Å². The number of benzene rings is 1. The van der Waals surface area contributed by atoms with E-state index < -0.39 is 0 Å². The van der Waals surface area contributed by atoms with Gasteiger partial charge < -0.3 is 10.1 Å². The molecule has 1 N–H and O–H groups in total. The summed E-state index contributed by atoms with van der Waals surface area (Å²) in [4.78, 5) is 0. The van der Waals surface area contributed by atoms with Crippen LogP contribution in [0.2, 0.25) is 0 Å². The van der Waals surface area contributed by atoms with E-state index in [9.17, 15) is 0 Å². The van der Waals surface area contributed by atoms with Crippen LogP contribution in [-0.4, -0.2) is 19.2 Å². The Hall–Kier alpha value is -1.02. The SMILES string of the molecule is CCOc1ccc(CC(C)(C)NC)cc1. The number of hydrogen-bond acceptors (Lipinski definition) is 2. The van der Waals surface area contributed by atoms with Gasteiger partial charge in [0, 0.05) is 5.54 Å². The molecule has 2 heteroatoms. The van der Waals surface area contributed by atoms with Crippen LogP contribution in [0.5, 0.6) is 5.75 Å². The molecule has 1 aromatic rings. The second-order valence-corrected chi connectivity index (χ2v) is 4.39. The number of likely N-dealkylation sites (N-methyl/N-ethyl adjacent to an activating group) is 1. The Kier molecular flexibility index (Phi) is 4.15. The molecule has 0 saturated heterocycles. The summed E-state index contributed by atoms with van der Waals surface area (Å²) in [5.74, 6) is 0.948. The lowest BCUT2D eigenvalue weighted by molar-refractivity contribution is 0.340. The van der Waals surface area contributed by atoms with Gasteiger partial charge in [-0.25, -0.2) is 0 Å². The van der Waals surface area contributed by atoms with Crippen molar-refractivity contribution >= 4 is 0 Å². The zero-order valence-corrected chi connectivity index (χ0v) is 10.1. The van der Waals surface area contributed by atoms with E-state index in [0.29, 0.717) is 0 Å². The van der Waals surface area contributed by atoms with Gasteiger partial charge in [0.2, 0.25) is 0 Å². The molecule has 0 heterocycles. The molecule has 0 bridgehead atoms. The van der Waals surface area contributed by atoms with E-state index in [1.807, 2.05) is 26.1 Å². The average molecular weight is 207 g/mol. The molecule has 0 aliphatic carbocycles. The third-order valence-corrected chi connectivity index (χ3v) is 2.56. The molecular formula is C13H21NO. The Bertz CT molecular complexity index is 290. The number of rotatable bonds is 5. The van der Waals surface area contributed by atoms with Gasteiger partial charge in [0.1, 0.15) is 5.75 Å². The van der Waals surface area contributed by atoms with Crippen LogP contribution >= 0.6 is 0 Å². The molecule has 2 nitrogen and oxygen atoms in total. The van der Waals surface area contributed by atoms with E-state index in [2.05, 4.69) is 31.3 Å².